The molecule has 17 heavy (non-hydrogen) atoms. The Morgan fingerprint density at radius 1 is 1.29 bits per heavy atom. The van der Waals surface area contributed by atoms with Crippen LogP contribution >= 0.6 is 0 Å². The molecule has 0 aromatic heterocycles. The molecule has 2 fully saturated rings. The van der Waals surface area contributed by atoms with Gasteiger partial charge in [-0.3, -0.25) is 0 Å². The summed E-state index contributed by atoms with van der Waals surface area (Å²) in [5.41, 5.74) is 0.811. The molecule has 1 aromatic rings. The van der Waals surface area contributed by atoms with Gasteiger partial charge in [-0.1, -0.05) is 6.07 Å². The van der Waals surface area contributed by atoms with Gasteiger partial charge in [0.2, 0.25) is 0 Å². The number of hydrogen-bond acceptors (Lipinski definition) is 4. The maximum atomic E-state index is 9.67. The summed E-state index contributed by atoms with van der Waals surface area (Å²) in [5, 5.41) is 22.3. The Kier molecular flexibility index (Phi) is 2.68. The fraction of sp³-hybridized carbons (Fsp3) is 0.538. The number of ether oxygens (including phenoxy) is 1. The average molecular weight is 235 g/mol. The summed E-state index contributed by atoms with van der Waals surface area (Å²) in [6.07, 6.45) is 4.19. The third kappa shape index (κ3) is 2.10. The highest BCUT2D eigenvalue weighted by atomic mass is 16.5. The molecule has 0 amide bonds. The molecule has 3 atom stereocenters. The van der Waals surface area contributed by atoms with Gasteiger partial charge in [-0.15, -0.1) is 0 Å². The van der Waals surface area contributed by atoms with Crippen molar-refractivity contribution in [2.75, 3.05) is 0 Å². The van der Waals surface area contributed by atoms with E-state index in [0.29, 0.717) is 24.8 Å². The molecular weight excluding hydrogens is 218 g/mol. The molecule has 2 aliphatic rings. The van der Waals surface area contributed by atoms with Crippen LogP contribution in [0.25, 0.3) is 0 Å². The molecule has 3 rings (SSSR count). The van der Waals surface area contributed by atoms with Crippen molar-refractivity contribution >= 4 is 0 Å². The smallest absolute Gasteiger partial charge is 0.123 e. The lowest BCUT2D eigenvalue weighted by Crippen LogP contribution is -2.36. The Bertz CT molecular complexity index is 421. The van der Waals surface area contributed by atoms with Crippen LogP contribution in [0, 0.1) is 0 Å². The lowest BCUT2D eigenvalue weighted by molar-refractivity contribution is 0.0972. The van der Waals surface area contributed by atoms with Gasteiger partial charge in [-0.05, 0) is 25.3 Å². The van der Waals surface area contributed by atoms with E-state index in [4.69, 9.17) is 4.74 Å². The minimum Gasteiger partial charge on any atom is -0.508 e. The van der Waals surface area contributed by atoms with Gasteiger partial charge >= 0.3 is 0 Å². The summed E-state index contributed by atoms with van der Waals surface area (Å²) in [5.74, 6) is 0.232. The highest BCUT2D eigenvalue weighted by Gasteiger charge is 2.40. The van der Waals surface area contributed by atoms with Crippen molar-refractivity contribution in [2.24, 2.45) is 0 Å². The number of fused-ring (bicyclic) bond motifs is 2. The zero-order valence-corrected chi connectivity index (χ0v) is 9.60. The zero-order valence-electron chi connectivity index (χ0n) is 9.60. The van der Waals surface area contributed by atoms with Crippen molar-refractivity contribution in [3.8, 4) is 11.5 Å². The van der Waals surface area contributed by atoms with E-state index in [9.17, 15) is 10.2 Å². The topological polar surface area (TPSA) is 61.7 Å². The summed E-state index contributed by atoms with van der Waals surface area (Å²) in [6, 6.07) is 5.11. The van der Waals surface area contributed by atoms with E-state index in [0.717, 1.165) is 18.4 Å². The van der Waals surface area contributed by atoms with Gasteiger partial charge in [-0.2, -0.15) is 0 Å². The van der Waals surface area contributed by atoms with Crippen LogP contribution in [0.15, 0.2) is 18.2 Å². The first-order valence-electron chi connectivity index (χ1n) is 6.12. The normalized spacial score (nSPS) is 30.9. The number of aromatic hydroxyl groups is 2. The first-order chi connectivity index (χ1) is 8.22. The lowest BCUT2D eigenvalue weighted by atomic mass is 9.95. The Morgan fingerprint density at radius 3 is 2.82 bits per heavy atom. The summed E-state index contributed by atoms with van der Waals surface area (Å²) < 4.78 is 5.76. The van der Waals surface area contributed by atoms with Crippen LogP contribution in [0.1, 0.15) is 24.8 Å². The Labute approximate surface area is 100 Å². The third-order valence-corrected chi connectivity index (χ3v) is 3.73. The van der Waals surface area contributed by atoms with Crippen molar-refractivity contribution in [2.45, 2.75) is 44.1 Å². The van der Waals surface area contributed by atoms with Gasteiger partial charge < -0.3 is 20.3 Å². The second-order valence-electron chi connectivity index (χ2n) is 4.91. The van der Waals surface area contributed by atoms with Crippen LogP contribution in [-0.4, -0.2) is 28.5 Å². The molecule has 0 saturated carbocycles. The maximum Gasteiger partial charge on any atom is 0.123 e. The number of rotatable bonds is 3. The number of phenols is 2. The molecule has 2 heterocycles. The van der Waals surface area contributed by atoms with Crippen LogP contribution in [0.5, 0.6) is 11.5 Å². The summed E-state index contributed by atoms with van der Waals surface area (Å²) in [7, 11) is 0. The van der Waals surface area contributed by atoms with E-state index in [1.165, 1.54) is 12.5 Å². The SMILES string of the molecule is Oc1ccc(CNC2CC3CCC2O3)c(O)c1. The fourth-order valence-electron chi connectivity index (χ4n) is 2.80. The summed E-state index contributed by atoms with van der Waals surface area (Å²) >= 11 is 0. The minimum atomic E-state index is 0.0921. The third-order valence-electron chi connectivity index (χ3n) is 3.73. The van der Waals surface area contributed by atoms with Crippen molar-refractivity contribution in [1.82, 2.24) is 5.32 Å². The van der Waals surface area contributed by atoms with Gasteiger partial charge in [0, 0.05) is 24.2 Å². The van der Waals surface area contributed by atoms with E-state index in [1.54, 1.807) is 12.1 Å². The van der Waals surface area contributed by atoms with Crippen LogP contribution < -0.4 is 5.32 Å². The zero-order chi connectivity index (χ0) is 11.8. The standard InChI is InChI=1S/C13H17NO3/c15-9-2-1-8(12(16)5-9)7-14-11-6-10-3-4-13(11)17-10/h1-2,5,10-11,13-16H,3-4,6-7H2. The van der Waals surface area contributed by atoms with E-state index >= 15 is 0 Å². The minimum absolute atomic E-state index is 0.0921. The molecule has 2 bridgehead atoms. The van der Waals surface area contributed by atoms with Crippen molar-refractivity contribution in [3.63, 3.8) is 0 Å². The Morgan fingerprint density at radius 2 is 2.18 bits per heavy atom. The lowest BCUT2D eigenvalue weighted by Gasteiger charge is -2.20. The highest BCUT2D eigenvalue weighted by Crippen LogP contribution is 2.34. The molecule has 3 unspecified atom stereocenters. The maximum absolute atomic E-state index is 9.67. The molecule has 1 aromatic carbocycles. The Hall–Kier alpha value is -1.26. The van der Waals surface area contributed by atoms with Gasteiger partial charge in [0.15, 0.2) is 0 Å². The van der Waals surface area contributed by atoms with E-state index < -0.39 is 0 Å². The monoisotopic (exact) mass is 235 g/mol. The van der Waals surface area contributed by atoms with Crippen LogP contribution in [0.4, 0.5) is 0 Å². The summed E-state index contributed by atoms with van der Waals surface area (Å²) in [6.45, 7) is 0.614. The Balaban J connectivity index is 1.60. The van der Waals surface area contributed by atoms with Gasteiger partial charge in [0.05, 0.1) is 12.2 Å². The van der Waals surface area contributed by atoms with Crippen molar-refractivity contribution in [1.29, 1.82) is 0 Å². The predicted octanol–water partition coefficient (Wildman–Crippen LogP) is 1.51. The average Bonchev–Trinajstić information content (AvgIpc) is 2.89. The first kappa shape index (κ1) is 10.9. The molecule has 2 aliphatic heterocycles. The quantitative estimate of drug-likeness (QED) is 0.743. The molecular formula is C13H17NO3. The van der Waals surface area contributed by atoms with Crippen LogP contribution in [-0.2, 0) is 11.3 Å². The number of benzene rings is 1. The second kappa shape index (κ2) is 4.20. The predicted molar refractivity (Wildman–Crippen MR) is 62.9 cm³/mol. The van der Waals surface area contributed by atoms with Crippen molar-refractivity contribution in [3.05, 3.63) is 23.8 Å². The van der Waals surface area contributed by atoms with Gasteiger partial charge in [-0.25, -0.2) is 0 Å². The van der Waals surface area contributed by atoms with Crippen molar-refractivity contribution < 1.29 is 14.9 Å². The molecule has 0 aliphatic carbocycles. The number of phenolic OH excluding ortho intramolecular Hbond substituents is 2. The van der Waals surface area contributed by atoms with E-state index in [1.807, 2.05) is 0 Å². The van der Waals surface area contributed by atoms with E-state index in [-0.39, 0.29) is 11.5 Å². The van der Waals surface area contributed by atoms with Gasteiger partial charge in [0.1, 0.15) is 11.5 Å². The van der Waals surface area contributed by atoms with Crippen LogP contribution in [0.3, 0.4) is 0 Å². The van der Waals surface area contributed by atoms with Crippen LogP contribution in [0.2, 0.25) is 0 Å². The molecule has 4 nitrogen and oxygen atoms in total. The number of nitrogens with one attached hydrogen (secondary N) is 1. The molecule has 92 valence electrons. The fourth-order valence-corrected chi connectivity index (χ4v) is 2.80. The first-order valence-corrected chi connectivity index (χ1v) is 6.12. The van der Waals surface area contributed by atoms with Gasteiger partial charge in [0.25, 0.3) is 0 Å². The largest absolute Gasteiger partial charge is 0.508 e. The molecule has 4 heteroatoms. The highest BCUT2D eigenvalue weighted by molar-refractivity contribution is 5.38. The second-order valence-corrected chi connectivity index (χ2v) is 4.91. The molecule has 0 spiro atoms. The molecule has 3 N–H and O–H groups in total. The number of hydrogen-bond donors (Lipinski definition) is 3. The summed E-state index contributed by atoms with van der Waals surface area (Å²) in [4.78, 5) is 0. The molecule has 0 radical (unpaired) electrons. The molecule has 2 saturated heterocycles. The van der Waals surface area contributed by atoms with E-state index in [2.05, 4.69) is 5.32 Å².